The number of nitrogens with one attached hydrogen (secondary N) is 1. The molecule has 0 saturated carbocycles. The van der Waals surface area contributed by atoms with Gasteiger partial charge in [-0.3, -0.25) is 0 Å². The third-order valence-corrected chi connectivity index (χ3v) is 3.99. The Morgan fingerprint density at radius 2 is 2.00 bits per heavy atom. The van der Waals surface area contributed by atoms with E-state index >= 15 is 0 Å². The molecule has 1 aromatic carbocycles. The molecule has 1 heterocycles. The average Bonchev–Trinajstić information content (AvgIpc) is 2.54. The first-order chi connectivity index (χ1) is 10.7. The number of piperidine rings is 1. The minimum atomic E-state index is -0.296. The molecule has 0 radical (unpaired) electrons. The largest absolute Gasteiger partial charge is 0.496 e. The van der Waals surface area contributed by atoms with E-state index in [4.69, 9.17) is 9.47 Å². The number of para-hydroxylation sites is 1. The molecule has 22 heavy (non-hydrogen) atoms. The van der Waals surface area contributed by atoms with Crippen molar-refractivity contribution in [2.45, 2.75) is 32.3 Å². The van der Waals surface area contributed by atoms with Gasteiger partial charge >= 0.3 is 5.97 Å². The minimum absolute atomic E-state index is 0.0529. The van der Waals surface area contributed by atoms with Crippen molar-refractivity contribution in [1.29, 1.82) is 0 Å². The summed E-state index contributed by atoms with van der Waals surface area (Å²) in [5.74, 6) is 0.451. The Hall–Kier alpha value is -1.81. The van der Waals surface area contributed by atoms with Crippen molar-refractivity contribution in [3.63, 3.8) is 0 Å². The van der Waals surface area contributed by atoms with Crippen LogP contribution in [0.4, 0.5) is 0 Å². The van der Waals surface area contributed by atoms with E-state index in [9.17, 15) is 4.79 Å². The highest BCUT2D eigenvalue weighted by atomic mass is 16.5. The number of rotatable bonds is 6. The van der Waals surface area contributed by atoms with Gasteiger partial charge in [0.1, 0.15) is 18.4 Å². The Balaban J connectivity index is 1.82. The fraction of sp³-hybridized carbons (Fsp3) is 0.500. The predicted molar refractivity (Wildman–Crippen MR) is 87.0 cm³/mol. The highest BCUT2D eigenvalue weighted by Gasteiger charge is 2.18. The summed E-state index contributed by atoms with van der Waals surface area (Å²) >= 11 is 0. The summed E-state index contributed by atoms with van der Waals surface area (Å²) in [5, 5.41) is 0. The Kier molecular flexibility index (Phi) is 6.46. The maximum Gasteiger partial charge on any atom is 0.331 e. The number of carbonyl (C=O) groups excluding carboxylic acids is 1. The zero-order valence-electron chi connectivity index (χ0n) is 13.5. The quantitative estimate of drug-likeness (QED) is 0.642. The molecule has 0 spiro atoms. The molecule has 1 N–H and O–H groups in total. The Labute approximate surface area is 132 Å². The molecule has 1 aliphatic rings. The van der Waals surface area contributed by atoms with Crippen molar-refractivity contribution in [3.8, 4) is 5.75 Å². The summed E-state index contributed by atoms with van der Waals surface area (Å²) in [7, 11) is 1.62. The van der Waals surface area contributed by atoms with Gasteiger partial charge < -0.3 is 14.4 Å². The first-order valence-corrected chi connectivity index (χ1v) is 8.04. The van der Waals surface area contributed by atoms with Gasteiger partial charge in [-0.15, -0.1) is 0 Å². The zero-order chi connectivity index (χ0) is 15.8. The maximum atomic E-state index is 11.9. The van der Waals surface area contributed by atoms with E-state index in [-0.39, 0.29) is 12.1 Å². The second-order valence-corrected chi connectivity index (χ2v) is 5.84. The van der Waals surface area contributed by atoms with Crippen LogP contribution in [-0.2, 0) is 9.53 Å². The van der Waals surface area contributed by atoms with Gasteiger partial charge in [-0.05, 0) is 38.3 Å². The van der Waals surface area contributed by atoms with Crippen LogP contribution in [0.2, 0.25) is 0 Å². The van der Waals surface area contributed by atoms with Crippen LogP contribution < -0.4 is 9.64 Å². The first-order valence-electron chi connectivity index (χ1n) is 8.04. The topological polar surface area (TPSA) is 40.0 Å². The molecule has 0 amide bonds. The molecule has 1 fully saturated rings. The molecular formula is C18H26NO3+. The molecular weight excluding hydrogens is 278 g/mol. The van der Waals surface area contributed by atoms with Crippen molar-refractivity contribution >= 4 is 12.0 Å². The Morgan fingerprint density at radius 3 is 2.73 bits per heavy atom. The van der Waals surface area contributed by atoms with E-state index in [0.717, 1.165) is 17.9 Å². The number of likely N-dealkylation sites (tertiary alicyclic amines) is 1. The second-order valence-electron chi connectivity index (χ2n) is 5.84. The van der Waals surface area contributed by atoms with E-state index in [1.807, 2.05) is 31.2 Å². The molecule has 120 valence electrons. The Bertz CT molecular complexity index is 507. The van der Waals surface area contributed by atoms with Crippen LogP contribution in [0.1, 0.15) is 31.7 Å². The number of esters is 1. The zero-order valence-corrected chi connectivity index (χ0v) is 13.5. The summed E-state index contributed by atoms with van der Waals surface area (Å²) in [6.07, 6.45) is 7.05. The van der Waals surface area contributed by atoms with Crippen molar-refractivity contribution in [3.05, 3.63) is 35.9 Å². The normalized spacial score (nSPS) is 17.4. The van der Waals surface area contributed by atoms with Crippen molar-refractivity contribution in [1.82, 2.24) is 0 Å². The predicted octanol–water partition coefficient (Wildman–Crippen LogP) is 1.71. The lowest BCUT2D eigenvalue weighted by Crippen LogP contribution is -3.13. The molecule has 4 heteroatoms. The molecule has 0 aliphatic carbocycles. The van der Waals surface area contributed by atoms with Crippen LogP contribution in [-0.4, -0.2) is 38.8 Å². The maximum absolute atomic E-state index is 11.9. The average molecular weight is 304 g/mol. The summed E-state index contributed by atoms with van der Waals surface area (Å²) in [5.41, 5.74) is 0.872. The number of hydrogen-bond acceptors (Lipinski definition) is 3. The lowest BCUT2D eigenvalue weighted by Gasteiger charge is -2.25. The van der Waals surface area contributed by atoms with Gasteiger partial charge in [0.2, 0.25) is 0 Å². The van der Waals surface area contributed by atoms with E-state index < -0.39 is 0 Å². The molecule has 4 nitrogen and oxygen atoms in total. The van der Waals surface area contributed by atoms with Crippen molar-refractivity contribution in [2.24, 2.45) is 0 Å². The SMILES string of the molecule is COc1ccccc1C=CC(=O)OC(C)C[NH+]1CCCCC1. The lowest BCUT2D eigenvalue weighted by atomic mass is 10.1. The summed E-state index contributed by atoms with van der Waals surface area (Å²) in [6.45, 7) is 5.25. The molecule has 2 rings (SSSR count). The van der Waals surface area contributed by atoms with Crippen LogP contribution in [0.15, 0.2) is 30.3 Å². The van der Waals surface area contributed by atoms with Gasteiger partial charge in [-0.25, -0.2) is 4.79 Å². The molecule has 1 unspecified atom stereocenters. The molecule has 1 aliphatic heterocycles. The second kappa shape index (κ2) is 8.59. The molecule has 1 atom stereocenters. The van der Waals surface area contributed by atoms with Crippen LogP contribution in [0.25, 0.3) is 6.08 Å². The standard InChI is InChI=1S/C18H25NO3/c1-15(14-19-12-6-3-7-13-19)22-18(20)11-10-16-8-4-5-9-17(16)21-2/h4-5,8-11,15H,3,6-7,12-14H2,1-2H3/p+1. The van der Waals surface area contributed by atoms with E-state index in [2.05, 4.69) is 0 Å². The van der Waals surface area contributed by atoms with Crippen LogP contribution in [0.5, 0.6) is 5.75 Å². The highest BCUT2D eigenvalue weighted by molar-refractivity contribution is 5.87. The number of ether oxygens (including phenoxy) is 2. The van der Waals surface area contributed by atoms with Crippen LogP contribution in [0, 0.1) is 0 Å². The first kappa shape index (κ1) is 16.6. The molecule has 1 saturated heterocycles. The lowest BCUT2D eigenvalue weighted by molar-refractivity contribution is -0.907. The third kappa shape index (κ3) is 5.19. The monoisotopic (exact) mass is 304 g/mol. The summed E-state index contributed by atoms with van der Waals surface area (Å²) in [4.78, 5) is 13.5. The number of carbonyl (C=O) groups is 1. The van der Waals surface area contributed by atoms with Gasteiger partial charge in [0, 0.05) is 11.6 Å². The smallest absolute Gasteiger partial charge is 0.331 e. The van der Waals surface area contributed by atoms with Gasteiger partial charge in [0.25, 0.3) is 0 Å². The van der Waals surface area contributed by atoms with Gasteiger partial charge in [0.15, 0.2) is 0 Å². The van der Waals surface area contributed by atoms with Gasteiger partial charge in [-0.2, -0.15) is 0 Å². The minimum Gasteiger partial charge on any atom is -0.496 e. The van der Waals surface area contributed by atoms with Crippen molar-refractivity contribution < 1.29 is 19.2 Å². The molecule has 0 bridgehead atoms. The Morgan fingerprint density at radius 1 is 1.27 bits per heavy atom. The molecule has 1 aromatic rings. The fourth-order valence-electron chi connectivity index (χ4n) is 2.90. The van der Waals surface area contributed by atoms with Crippen molar-refractivity contribution in [2.75, 3.05) is 26.7 Å². The number of methoxy groups -OCH3 is 1. The molecule has 0 aromatic heterocycles. The van der Waals surface area contributed by atoms with E-state index in [1.54, 1.807) is 18.1 Å². The van der Waals surface area contributed by atoms with E-state index in [0.29, 0.717) is 0 Å². The number of benzene rings is 1. The van der Waals surface area contributed by atoms with Crippen LogP contribution >= 0.6 is 0 Å². The number of hydrogen-bond donors (Lipinski definition) is 1. The van der Waals surface area contributed by atoms with Crippen LogP contribution in [0.3, 0.4) is 0 Å². The summed E-state index contributed by atoms with van der Waals surface area (Å²) < 4.78 is 10.7. The fourth-order valence-corrected chi connectivity index (χ4v) is 2.90. The van der Waals surface area contributed by atoms with E-state index in [1.165, 1.54) is 38.4 Å². The third-order valence-electron chi connectivity index (χ3n) is 3.99. The summed E-state index contributed by atoms with van der Waals surface area (Å²) in [6, 6.07) is 7.59. The van der Waals surface area contributed by atoms with Gasteiger partial charge in [0.05, 0.1) is 20.2 Å². The highest BCUT2D eigenvalue weighted by Crippen LogP contribution is 2.18. The number of quaternary nitrogens is 1. The van der Waals surface area contributed by atoms with Gasteiger partial charge in [-0.1, -0.05) is 18.2 Å².